The number of carboxylic acids is 1. The summed E-state index contributed by atoms with van der Waals surface area (Å²) < 4.78 is 30.2. The third kappa shape index (κ3) is 4.33. The fourth-order valence-electron chi connectivity index (χ4n) is 3.05. The minimum atomic E-state index is -3.86. The van der Waals surface area contributed by atoms with Gasteiger partial charge in [0.05, 0.1) is 6.61 Å². The molecule has 0 atom stereocenters. The van der Waals surface area contributed by atoms with Crippen LogP contribution in [0.1, 0.15) is 39.2 Å². The van der Waals surface area contributed by atoms with Gasteiger partial charge in [-0.2, -0.15) is 0 Å². The lowest BCUT2D eigenvalue weighted by molar-refractivity contribution is -0.139. The molecule has 0 aromatic heterocycles. The molecule has 0 unspecified atom stereocenters. The molecule has 2 rings (SSSR count). The van der Waals surface area contributed by atoms with Gasteiger partial charge in [-0.3, -0.25) is 4.79 Å². The van der Waals surface area contributed by atoms with Crippen LogP contribution >= 0.6 is 0 Å². The molecule has 0 bridgehead atoms. The highest BCUT2D eigenvalue weighted by molar-refractivity contribution is 7.91. The van der Waals surface area contributed by atoms with Gasteiger partial charge >= 0.3 is 5.97 Å². The Bertz CT molecular complexity index is 706. The Morgan fingerprint density at radius 3 is 2.52 bits per heavy atom. The minimum Gasteiger partial charge on any atom is -0.494 e. The molecule has 6 nitrogen and oxygen atoms in total. The van der Waals surface area contributed by atoms with Gasteiger partial charge < -0.3 is 9.84 Å². The molecule has 1 saturated heterocycles. The fraction of sp³-hybridized carbons (Fsp3) is 0.611. The lowest BCUT2D eigenvalue weighted by Crippen LogP contribution is -2.51. The molecule has 1 aliphatic heterocycles. The number of carbonyl (C=O) groups is 1. The van der Waals surface area contributed by atoms with Crippen molar-refractivity contribution in [2.75, 3.05) is 19.7 Å². The Hall–Kier alpha value is -1.60. The van der Waals surface area contributed by atoms with E-state index in [9.17, 15) is 18.3 Å². The Balaban J connectivity index is 1.98. The van der Waals surface area contributed by atoms with Gasteiger partial charge in [-0.15, -0.1) is 0 Å². The van der Waals surface area contributed by atoms with Crippen LogP contribution in [0.5, 0.6) is 5.75 Å². The van der Waals surface area contributed by atoms with Crippen molar-refractivity contribution < 1.29 is 23.1 Å². The molecule has 1 aromatic carbocycles. The van der Waals surface area contributed by atoms with Gasteiger partial charge in [-0.05, 0) is 63.6 Å². The van der Waals surface area contributed by atoms with Crippen molar-refractivity contribution in [3.8, 4) is 5.75 Å². The summed E-state index contributed by atoms with van der Waals surface area (Å²) in [6.07, 6.45) is 2.33. The summed E-state index contributed by atoms with van der Waals surface area (Å²) in [6.45, 7) is 5.80. The summed E-state index contributed by atoms with van der Waals surface area (Å²) in [5, 5.41) is 9.21. The van der Waals surface area contributed by atoms with Crippen molar-refractivity contribution >= 4 is 16.0 Å². The Morgan fingerprint density at radius 1 is 1.32 bits per heavy atom. The zero-order chi connectivity index (χ0) is 18.7. The van der Waals surface area contributed by atoms with Crippen molar-refractivity contribution in [2.24, 2.45) is 5.92 Å². The summed E-state index contributed by atoms with van der Waals surface area (Å²) in [5.74, 6) is -0.0816. The SMILES string of the molecule is CCOc1cccc(CC2CCN(S(=O)(=O)C(C)(C)C(=O)O)CC2)c1. The summed E-state index contributed by atoms with van der Waals surface area (Å²) in [5.41, 5.74) is 1.18. The molecule has 0 saturated carbocycles. The Labute approximate surface area is 149 Å². The second-order valence-corrected chi connectivity index (χ2v) is 9.43. The first-order valence-electron chi connectivity index (χ1n) is 8.63. The summed E-state index contributed by atoms with van der Waals surface area (Å²) in [6, 6.07) is 7.98. The van der Waals surface area contributed by atoms with Gasteiger partial charge in [0.25, 0.3) is 0 Å². The van der Waals surface area contributed by atoms with E-state index in [1.165, 1.54) is 23.7 Å². The van der Waals surface area contributed by atoms with Crippen molar-refractivity contribution in [1.29, 1.82) is 0 Å². The average molecular weight is 369 g/mol. The number of hydrogen-bond acceptors (Lipinski definition) is 4. The van der Waals surface area contributed by atoms with Crippen LogP contribution in [-0.2, 0) is 21.2 Å². The molecule has 1 aromatic rings. The lowest BCUT2D eigenvalue weighted by atomic mass is 9.91. The molecule has 1 aliphatic rings. The fourth-order valence-corrected chi connectivity index (χ4v) is 4.61. The van der Waals surface area contributed by atoms with Crippen molar-refractivity contribution in [1.82, 2.24) is 4.31 Å². The summed E-state index contributed by atoms with van der Waals surface area (Å²) >= 11 is 0. The van der Waals surface area contributed by atoms with E-state index in [4.69, 9.17) is 4.74 Å². The van der Waals surface area contributed by atoms with Crippen LogP contribution in [-0.4, -0.2) is 48.2 Å². The van der Waals surface area contributed by atoms with Crippen molar-refractivity contribution in [2.45, 2.75) is 44.8 Å². The molecule has 0 spiro atoms. The van der Waals surface area contributed by atoms with Gasteiger partial charge in [-0.1, -0.05) is 12.1 Å². The first kappa shape index (κ1) is 19.7. The molecule has 7 heteroatoms. The first-order valence-corrected chi connectivity index (χ1v) is 10.1. The normalized spacial score (nSPS) is 17.4. The van der Waals surface area contributed by atoms with Gasteiger partial charge in [0, 0.05) is 13.1 Å². The number of piperidine rings is 1. The zero-order valence-electron chi connectivity index (χ0n) is 15.1. The smallest absolute Gasteiger partial charge is 0.325 e. The van der Waals surface area contributed by atoms with Crippen LogP contribution in [0.15, 0.2) is 24.3 Å². The van der Waals surface area contributed by atoms with Crippen molar-refractivity contribution in [3.05, 3.63) is 29.8 Å². The van der Waals surface area contributed by atoms with E-state index in [0.29, 0.717) is 25.6 Å². The molecule has 0 radical (unpaired) electrons. The van der Waals surface area contributed by atoms with Gasteiger partial charge in [0.1, 0.15) is 5.75 Å². The maximum atomic E-state index is 12.6. The zero-order valence-corrected chi connectivity index (χ0v) is 15.9. The van der Waals surface area contributed by atoms with E-state index in [-0.39, 0.29) is 0 Å². The topological polar surface area (TPSA) is 83.9 Å². The number of hydrogen-bond donors (Lipinski definition) is 1. The highest BCUT2D eigenvalue weighted by Gasteiger charge is 2.46. The molecule has 25 heavy (non-hydrogen) atoms. The first-order chi connectivity index (χ1) is 11.7. The molecular weight excluding hydrogens is 342 g/mol. The maximum absolute atomic E-state index is 12.6. The van der Waals surface area contributed by atoms with Crippen LogP contribution < -0.4 is 4.74 Å². The second-order valence-electron chi connectivity index (χ2n) is 6.95. The monoisotopic (exact) mass is 369 g/mol. The Kier molecular flexibility index (Phi) is 6.11. The highest BCUT2D eigenvalue weighted by Crippen LogP contribution is 2.29. The summed E-state index contributed by atoms with van der Waals surface area (Å²) in [4.78, 5) is 11.3. The molecule has 1 fully saturated rings. The van der Waals surface area contributed by atoms with E-state index in [1.54, 1.807) is 0 Å². The second kappa shape index (κ2) is 7.74. The van der Waals surface area contributed by atoms with Crippen LogP contribution in [0, 0.1) is 5.92 Å². The molecule has 0 amide bonds. The van der Waals surface area contributed by atoms with Crippen LogP contribution in [0.4, 0.5) is 0 Å². The van der Waals surface area contributed by atoms with E-state index in [1.807, 2.05) is 25.1 Å². The van der Waals surface area contributed by atoms with E-state index in [2.05, 4.69) is 6.07 Å². The number of benzene rings is 1. The Morgan fingerprint density at radius 2 is 1.96 bits per heavy atom. The minimum absolute atomic E-state index is 0.370. The predicted molar refractivity (Wildman–Crippen MR) is 96.2 cm³/mol. The number of carboxylic acid groups (broad SMARTS) is 1. The number of ether oxygens (including phenoxy) is 1. The van der Waals surface area contributed by atoms with Crippen molar-refractivity contribution in [3.63, 3.8) is 0 Å². The van der Waals surface area contributed by atoms with Crippen LogP contribution in [0.3, 0.4) is 0 Å². The standard InChI is InChI=1S/C18H27NO5S/c1-4-24-16-7-5-6-15(13-16)12-14-8-10-19(11-9-14)25(22,23)18(2,3)17(20)21/h5-7,13-14H,4,8-12H2,1-3H3,(H,20,21). The number of nitrogens with zero attached hydrogens (tertiary/aromatic N) is 1. The average Bonchev–Trinajstić information content (AvgIpc) is 2.55. The molecule has 0 aliphatic carbocycles. The summed E-state index contributed by atoms with van der Waals surface area (Å²) in [7, 11) is -3.86. The molecule has 1 N–H and O–H groups in total. The van der Waals surface area contributed by atoms with Crippen LogP contribution in [0.2, 0.25) is 0 Å². The predicted octanol–water partition coefficient (Wildman–Crippen LogP) is 2.53. The van der Waals surface area contributed by atoms with Gasteiger partial charge in [0.2, 0.25) is 10.0 Å². The number of aliphatic carboxylic acids is 1. The molecular formula is C18H27NO5S. The molecule has 140 valence electrons. The largest absolute Gasteiger partial charge is 0.494 e. The number of rotatable bonds is 7. The third-order valence-electron chi connectivity index (χ3n) is 4.81. The van der Waals surface area contributed by atoms with E-state index < -0.39 is 20.7 Å². The number of sulfonamides is 1. The highest BCUT2D eigenvalue weighted by atomic mass is 32.2. The van der Waals surface area contributed by atoms with E-state index in [0.717, 1.165) is 25.0 Å². The quantitative estimate of drug-likeness (QED) is 0.798. The molecule has 1 heterocycles. The third-order valence-corrected chi connectivity index (χ3v) is 7.32. The van der Waals surface area contributed by atoms with E-state index >= 15 is 0 Å². The van der Waals surface area contributed by atoms with Gasteiger partial charge in [-0.25, -0.2) is 12.7 Å². The van der Waals surface area contributed by atoms with Crippen LogP contribution in [0.25, 0.3) is 0 Å². The lowest BCUT2D eigenvalue weighted by Gasteiger charge is -2.35. The van der Waals surface area contributed by atoms with Gasteiger partial charge in [0.15, 0.2) is 4.75 Å². The maximum Gasteiger partial charge on any atom is 0.325 e.